The predicted molar refractivity (Wildman–Crippen MR) is 116 cm³/mol. The number of nitrogens with zero attached hydrogens (tertiary/aromatic N) is 2. The number of hydrogen-bond acceptors (Lipinski definition) is 3. The van der Waals surface area contributed by atoms with Gasteiger partial charge >= 0.3 is 6.03 Å². The van der Waals surface area contributed by atoms with Gasteiger partial charge < -0.3 is 5.32 Å². The monoisotopic (exact) mass is 424 g/mol. The minimum Gasteiger partial charge on any atom is -0.307 e. The molecule has 29 heavy (non-hydrogen) atoms. The number of amides is 2. The van der Waals surface area contributed by atoms with E-state index in [-0.39, 0.29) is 0 Å². The van der Waals surface area contributed by atoms with Gasteiger partial charge in [0, 0.05) is 11.3 Å². The standard InChI is InChI=1S/C21H14Cl2N4O2/c22-16-11-10-14(12-17(16)23)24-21(29)26-27-19(13-6-2-1-3-7-13)25-18-9-5-4-8-15(18)20(27)28/h1-12H,(H2,24,26,29). The van der Waals surface area contributed by atoms with E-state index in [9.17, 15) is 9.59 Å². The fourth-order valence-corrected chi connectivity index (χ4v) is 3.15. The maximum atomic E-state index is 13.1. The molecule has 6 nitrogen and oxygen atoms in total. The highest BCUT2D eigenvalue weighted by Crippen LogP contribution is 2.25. The van der Waals surface area contributed by atoms with Crippen LogP contribution in [-0.4, -0.2) is 15.7 Å². The topological polar surface area (TPSA) is 76.0 Å². The van der Waals surface area contributed by atoms with E-state index >= 15 is 0 Å². The molecule has 1 aromatic heterocycles. The zero-order valence-electron chi connectivity index (χ0n) is 14.9. The van der Waals surface area contributed by atoms with Crippen LogP contribution in [-0.2, 0) is 0 Å². The van der Waals surface area contributed by atoms with Crippen molar-refractivity contribution in [2.75, 3.05) is 10.7 Å². The second-order valence-corrected chi connectivity index (χ2v) is 6.97. The number of rotatable bonds is 3. The van der Waals surface area contributed by atoms with E-state index in [1.807, 2.05) is 30.3 Å². The summed E-state index contributed by atoms with van der Waals surface area (Å²) in [7, 11) is 0. The van der Waals surface area contributed by atoms with E-state index in [4.69, 9.17) is 23.2 Å². The predicted octanol–water partition coefficient (Wildman–Crippen LogP) is 5.15. The molecule has 0 spiro atoms. The zero-order valence-corrected chi connectivity index (χ0v) is 16.4. The van der Waals surface area contributed by atoms with Gasteiger partial charge in [-0.3, -0.25) is 4.79 Å². The molecule has 0 aliphatic heterocycles. The first kappa shape index (κ1) is 19.0. The van der Waals surface area contributed by atoms with Crippen LogP contribution in [0.25, 0.3) is 22.3 Å². The number of carbonyl (C=O) groups is 1. The van der Waals surface area contributed by atoms with Crippen LogP contribution in [0.5, 0.6) is 0 Å². The molecule has 0 aliphatic carbocycles. The van der Waals surface area contributed by atoms with Crippen LogP contribution in [0.2, 0.25) is 10.0 Å². The van der Waals surface area contributed by atoms with Crippen LogP contribution in [0.1, 0.15) is 0 Å². The Labute approximate surface area is 175 Å². The Morgan fingerprint density at radius 2 is 1.62 bits per heavy atom. The van der Waals surface area contributed by atoms with E-state index in [1.165, 1.54) is 6.07 Å². The number of urea groups is 1. The SMILES string of the molecule is O=C(Nc1ccc(Cl)c(Cl)c1)Nn1c(-c2ccccc2)nc2ccccc2c1=O. The van der Waals surface area contributed by atoms with Crippen LogP contribution >= 0.6 is 23.2 Å². The van der Waals surface area contributed by atoms with E-state index in [1.54, 1.807) is 36.4 Å². The molecular weight excluding hydrogens is 411 g/mol. The van der Waals surface area contributed by atoms with Crippen molar-refractivity contribution in [2.45, 2.75) is 0 Å². The Bertz CT molecular complexity index is 1270. The Morgan fingerprint density at radius 1 is 0.897 bits per heavy atom. The lowest BCUT2D eigenvalue weighted by Crippen LogP contribution is -2.37. The molecule has 144 valence electrons. The number of anilines is 1. The Hall–Kier alpha value is -3.35. The first-order valence-corrected chi connectivity index (χ1v) is 9.39. The smallest absolute Gasteiger partial charge is 0.307 e. The number of para-hydroxylation sites is 1. The molecular formula is C21H14Cl2N4O2. The van der Waals surface area contributed by atoms with Gasteiger partial charge in [-0.25, -0.2) is 15.2 Å². The Kier molecular flexibility index (Phi) is 5.20. The molecule has 0 bridgehead atoms. The van der Waals surface area contributed by atoms with Crippen molar-refractivity contribution < 1.29 is 4.79 Å². The van der Waals surface area contributed by atoms with Crippen LogP contribution in [0.3, 0.4) is 0 Å². The van der Waals surface area contributed by atoms with Gasteiger partial charge in [-0.05, 0) is 30.3 Å². The van der Waals surface area contributed by atoms with E-state index in [2.05, 4.69) is 15.7 Å². The highest BCUT2D eigenvalue weighted by Gasteiger charge is 2.15. The third kappa shape index (κ3) is 3.94. The number of fused-ring (bicyclic) bond motifs is 1. The summed E-state index contributed by atoms with van der Waals surface area (Å²) in [6.45, 7) is 0. The average molecular weight is 425 g/mol. The second-order valence-electron chi connectivity index (χ2n) is 6.15. The largest absolute Gasteiger partial charge is 0.338 e. The number of aromatic nitrogens is 2. The molecule has 3 aromatic carbocycles. The van der Waals surface area contributed by atoms with Gasteiger partial charge in [0.15, 0.2) is 5.82 Å². The third-order valence-corrected chi connectivity index (χ3v) is 4.94. The highest BCUT2D eigenvalue weighted by atomic mass is 35.5. The molecule has 8 heteroatoms. The molecule has 4 rings (SSSR count). The summed E-state index contributed by atoms with van der Waals surface area (Å²) in [6, 6.07) is 20.2. The molecule has 0 saturated carbocycles. The van der Waals surface area contributed by atoms with Crippen LogP contribution in [0.4, 0.5) is 10.5 Å². The van der Waals surface area contributed by atoms with Crippen LogP contribution in [0.15, 0.2) is 77.6 Å². The molecule has 4 aromatic rings. The fourth-order valence-electron chi connectivity index (χ4n) is 2.85. The normalized spacial score (nSPS) is 10.7. The zero-order chi connectivity index (χ0) is 20.4. The van der Waals surface area contributed by atoms with E-state index < -0.39 is 11.6 Å². The van der Waals surface area contributed by atoms with Crippen molar-refractivity contribution in [3.8, 4) is 11.4 Å². The lowest BCUT2D eigenvalue weighted by Gasteiger charge is -2.15. The highest BCUT2D eigenvalue weighted by molar-refractivity contribution is 6.42. The van der Waals surface area contributed by atoms with Crippen molar-refractivity contribution in [3.63, 3.8) is 0 Å². The summed E-state index contributed by atoms with van der Waals surface area (Å²) in [5.74, 6) is 0.318. The lowest BCUT2D eigenvalue weighted by molar-refractivity contribution is 0.259. The lowest BCUT2D eigenvalue weighted by atomic mass is 10.2. The summed E-state index contributed by atoms with van der Waals surface area (Å²) in [5, 5.41) is 3.70. The van der Waals surface area contributed by atoms with Crippen molar-refractivity contribution in [1.82, 2.24) is 9.66 Å². The van der Waals surface area contributed by atoms with Gasteiger partial charge in [-0.2, -0.15) is 4.68 Å². The van der Waals surface area contributed by atoms with Crippen molar-refractivity contribution in [3.05, 3.63) is 93.2 Å². The molecule has 0 unspecified atom stereocenters. The molecule has 2 N–H and O–H groups in total. The van der Waals surface area contributed by atoms with E-state index in [0.29, 0.717) is 38.0 Å². The van der Waals surface area contributed by atoms with Gasteiger partial charge in [0.1, 0.15) is 0 Å². The van der Waals surface area contributed by atoms with Crippen molar-refractivity contribution in [2.24, 2.45) is 0 Å². The number of hydrogen-bond donors (Lipinski definition) is 2. The molecule has 0 atom stereocenters. The molecule has 0 saturated heterocycles. The first-order chi connectivity index (χ1) is 14.0. The maximum absolute atomic E-state index is 13.1. The molecule has 0 radical (unpaired) electrons. The fraction of sp³-hybridized carbons (Fsp3) is 0. The summed E-state index contributed by atoms with van der Waals surface area (Å²) >= 11 is 11.9. The number of halogens is 2. The first-order valence-electron chi connectivity index (χ1n) is 8.63. The number of nitrogens with one attached hydrogen (secondary N) is 2. The molecule has 2 amide bonds. The number of carbonyl (C=O) groups excluding carboxylic acids is 1. The summed E-state index contributed by atoms with van der Waals surface area (Å²) in [5.41, 5.74) is 3.83. The van der Waals surface area contributed by atoms with E-state index in [0.717, 1.165) is 4.68 Å². The molecule has 0 fully saturated rings. The van der Waals surface area contributed by atoms with Gasteiger partial charge in [0.25, 0.3) is 5.56 Å². The van der Waals surface area contributed by atoms with Crippen LogP contribution < -0.4 is 16.3 Å². The van der Waals surface area contributed by atoms with Gasteiger partial charge in [-0.1, -0.05) is 65.7 Å². The summed E-state index contributed by atoms with van der Waals surface area (Å²) in [6.07, 6.45) is 0. The molecule has 1 heterocycles. The quantitative estimate of drug-likeness (QED) is 0.477. The third-order valence-electron chi connectivity index (χ3n) is 4.20. The van der Waals surface area contributed by atoms with Gasteiger partial charge in [0.2, 0.25) is 0 Å². The Balaban J connectivity index is 1.75. The second kappa shape index (κ2) is 7.95. The maximum Gasteiger partial charge on any atom is 0.338 e. The average Bonchev–Trinajstić information content (AvgIpc) is 2.73. The minimum atomic E-state index is -0.625. The van der Waals surface area contributed by atoms with Crippen molar-refractivity contribution in [1.29, 1.82) is 0 Å². The summed E-state index contributed by atoms with van der Waals surface area (Å²) < 4.78 is 1.13. The van der Waals surface area contributed by atoms with Gasteiger partial charge in [-0.15, -0.1) is 0 Å². The summed E-state index contributed by atoms with van der Waals surface area (Å²) in [4.78, 5) is 30.2. The van der Waals surface area contributed by atoms with Crippen molar-refractivity contribution >= 4 is 45.8 Å². The Morgan fingerprint density at radius 3 is 2.38 bits per heavy atom. The molecule has 0 aliphatic rings. The van der Waals surface area contributed by atoms with Crippen LogP contribution in [0, 0.1) is 0 Å². The number of benzene rings is 3. The minimum absolute atomic E-state index is 0.305. The van der Waals surface area contributed by atoms with Gasteiger partial charge in [0.05, 0.1) is 20.9 Å².